The molecule has 0 fully saturated rings. The molecular formula is C16H19NOS. The number of nitrogens with one attached hydrogen (secondary N) is 1. The summed E-state index contributed by atoms with van der Waals surface area (Å²) in [6.07, 6.45) is 3.65. The Balaban J connectivity index is 1.74. The van der Waals surface area contributed by atoms with Gasteiger partial charge in [0.1, 0.15) is 5.75 Å². The van der Waals surface area contributed by atoms with Crippen molar-refractivity contribution in [2.45, 2.75) is 31.8 Å². The highest BCUT2D eigenvalue weighted by molar-refractivity contribution is 7.07. The maximum Gasteiger partial charge on any atom is 0.119 e. The number of ether oxygens (including phenoxy) is 1. The zero-order chi connectivity index (χ0) is 13.1. The number of methoxy groups -OCH3 is 1. The molecule has 100 valence electrons. The van der Waals surface area contributed by atoms with Gasteiger partial charge < -0.3 is 10.1 Å². The quantitative estimate of drug-likeness (QED) is 0.911. The van der Waals surface area contributed by atoms with E-state index in [9.17, 15) is 0 Å². The molecule has 1 atom stereocenters. The van der Waals surface area contributed by atoms with Crippen LogP contribution in [-0.2, 0) is 13.0 Å². The van der Waals surface area contributed by atoms with Gasteiger partial charge in [0.2, 0.25) is 0 Å². The summed E-state index contributed by atoms with van der Waals surface area (Å²) in [5, 5.41) is 8.03. The van der Waals surface area contributed by atoms with Crippen LogP contribution in [0.15, 0.2) is 35.0 Å². The van der Waals surface area contributed by atoms with Crippen molar-refractivity contribution < 1.29 is 4.74 Å². The summed E-state index contributed by atoms with van der Waals surface area (Å²) in [5.41, 5.74) is 4.27. The highest BCUT2D eigenvalue weighted by atomic mass is 32.1. The van der Waals surface area contributed by atoms with Crippen LogP contribution in [0.3, 0.4) is 0 Å². The van der Waals surface area contributed by atoms with Gasteiger partial charge >= 0.3 is 0 Å². The van der Waals surface area contributed by atoms with Gasteiger partial charge in [0.25, 0.3) is 0 Å². The zero-order valence-corrected chi connectivity index (χ0v) is 12.0. The zero-order valence-electron chi connectivity index (χ0n) is 11.2. The van der Waals surface area contributed by atoms with Crippen molar-refractivity contribution in [3.05, 3.63) is 51.7 Å². The van der Waals surface area contributed by atoms with Crippen molar-refractivity contribution >= 4 is 11.3 Å². The highest BCUT2D eigenvalue weighted by Gasteiger charge is 2.20. The van der Waals surface area contributed by atoms with Crippen LogP contribution in [0.5, 0.6) is 5.75 Å². The fourth-order valence-corrected chi connectivity index (χ4v) is 3.43. The fraction of sp³-hybridized carbons (Fsp3) is 0.375. The molecule has 0 radical (unpaired) electrons. The van der Waals surface area contributed by atoms with Gasteiger partial charge in [-0.2, -0.15) is 11.3 Å². The van der Waals surface area contributed by atoms with Crippen molar-refractivity contribution in [1.29, 1.82) is 0 Å². The standard InChI is InChI=1S/C16H19NOS/c1-18-14-5-6-15-13(9-14)3-2-4-16(15)17-10-12-7-8-19-11-12/h5-9,11,16-17H,2-4,10H2,1H3. The monoisotopic (exact) mass is 273 g/mol. The van der Waals surface area contributed by atoms with Crippen molar-refractivity contribution in [3.8, 4) is 5.75 Å². The second-order valence-electron chi connectivity index (χ2n) is 5.02. The van der Waals surface area contributed by atoms with Crippen molar-refractivity contribution in [2.24, 2.45) is 0 Å². The number of fused-ring (bicyclic) bond motifs is 1. The minimum Gasteiger partial charge on any atom is -0.497 e. The lowest BCUT2D eigenvalue weighted by atomic mass is 9.87. The predicted octanol–water partition coefficient (Wildman–Crippen LogP) is 3.92. The largest absolute Gasteiger partial charge is 0.497 e. The van der Waals surface area contributed by atoms with E-state index in [2.05, 4.69) is 40.3 Å². The summed E-state index contributed by atoms with van der Waals surface area (Å²) in [6.45, 7) is 0.958. The molecule has 0 amide bonds. The number of aryl methyl sites for hydroxylation is 1. The van der Waals surface area contributed by atoms with Crippen molar-refractivity contribution in [2.75, 3.05) is 7.11 Å². The third kappa shape index (κ3) is 2.82. The van der Waals surface area contributed by atoms with Crippen LogP contribution >= 0.6 is 11.3 Å². The van der Waals surface area contributed by atoms with E-state index in [0.29, 0.717) is 6.04 Å². The lowest BCUT2D eigenvalue weighted by Crippen LogP contribution is -2.24. The third-order valence-electron chi connectivity index (χ3n) is 3.80. The Hall–Kier alpha value is -1.32. The fourth-order valence-electron chi connectivity index (χ4n) is 2.76. The van der Waals surface area contributed by atoms with Gasteiger partial charge in [-0.05, 0) is 64.9 Å². The lowest BCUT2D eigenvalue weighted by Gasteiger charge is -2.26. The molecule has 1 unspecified atom stereocenters. The first-order chi connectivity index (χ1) is 9.36. The number of hydrogen-bond acceptors (Lipinski definition) is 3. The maximum atomic E-state index is 5.32. The molecule has 0 saturated carbocycles. The molecule has 0 bridgehead atoms. The second kappa shape index (κ2) is 5.76. The van der Waals surface area contributed by atoms with Gasteiger partial charge in [-0.3, -0.25) is 0 Å². The van der Waals surface area contributed by atoms with Gasteiger partial charge in [-0.1, -0.05) is 6.07 Å². The van der Waals surface area contributed by atoms with E-state index in [0.717, 1.165) is 12.3 Å². The molecule has 0 spiro atoms. The summed E-state index contributed by atoms with van der Waals surface area (Å²) in [7, 11) is 1.73. The Labute approximate surface area is 118 Å². The van der Waals surface area contributed by atoms with Gasteiger partial charge in [0.15, 0.2) is 0 Å². The average Bonchev–Trinajstić information content (AvgIpc) is 2.97. The topological polar surface area (TPSA) is 21.3 Å². The Bertz CT molecular complexity index is 536. The van der Waals surface area contributed by atoms with E-state index in [4.69, 9.17) is 4.74 Å². The second-order valence-corrected chi connectivity index (χ2v) is 5.80. The Kier molecular flexibility index (Phi) is 3.85. The molecule has 1 aromatic carbocycles. The number of rotatable bonds is 4. The number of hydrogen-bond donors (Lipinski definition) is 1. The number of thiophene rings is 1. The molecule has 1 aliphatic carbocycles. The molecule has 1 aliphatic rings. The van der Waals surface area contributed by atoms with E-state index in [-0.39, 0.29) is 0 Å². The van der Waals surface area contributed by atoms with Gasteiger partial charge in [0.05, 0.1) is 7.11 Å². The molecular weight excluding hydrogens is 254 g/mol. The molecule has 2 aromatic rings. The van der Waals surface area contributed by atoms with Crippen LogP contribution in [0.2, 0.25) is 0 Å². The predicted molar refractivity (Wildman–Crippen MR) is 79.8 cm³/mol. The highest BCUT2D eigenvalue weighted by Crippen LogP contribution is 2.32. The minimum atomic E-state index is 0.481. The summed E-state index contributed by atoms with van der Waals surface area (Å²) < 4.78 is 5.32. The van der Waals surface area contributed by atoms with Gasteiger partial charge in [-0.25, -0.2) is 0 Å². The lowest BCUT2D eigenvalue weighted by molar-refractivity contribution is 0.410. The van der Waals surface area contributed by atoms with Gasteiger partial charge in [-0.15, -0.1) is 0 Å². The van der Waals surface area contributed by atoms with E-state index < -0.39 is 0 Å². The van der Waals surface area contributed by atoms with E-state index in [1.165, 1.54) is 36.0 Å². The SMILES string of the molecule is COc1ccc2c(c1)CCCC2NCc1ccsc1. The van der Waals surface area contributed by atoms with Crippen LogP contribution in [0.4, 0.5) is 0 Å². The van der Waals surface area contributed by atoms with E-state index >= 15 is 0 Å². The molecule has 2 nitrogen and oxygen atoms in total. The van der Waals surface area contributed by atoms with Crippen LogP contribution < -0.4 is 10.1 Å². The van der Waals surface area contributed by atoms with E-state index in [1.54, 1.807) is 18.4 Å². The molecule has 0 aliphatic heterocycles. The maximum absolute atomic E-state index is 5.32. The summed E-state index contributed by atoms with van der Waals surface area (Å²) in [6, 6.07) is 9.15. The van der Waals surface area contributed by atoms with Crippen molar-refractivity contribution in [1.82, 2.24) is 5.32 Å². The van der Waals surface area contributed by atoms with Crippen LogP contribution in [-0.4, -0.2) is 7.11 Å². The normalized spacial score (nSPS) is 18.1. The average molecular weight is 273 g/mol. The van der Waals surface area contributed by atoms with Crippen molar-refractivity contribution in [3.63, 3.8) is 0 Å². The smallest absolute Gasteiger partial charge is 0.119 e. The first kappa shape index (κ1) is 12.7. The van der Waals surface area contributed by atoms with Crippen LogP contribution in [0.1, 0.15) is 35.6 Å². The Morgan fingerprint density at radius 3 is 3.11 bits per heavy atom. The molecule has 1 N–H and O–H groups in total. The first-order valence-corrected chi connectivity index (χ1v) is 7.72. The van der Waals surface area contributed by atoms with Crippen LogP contribution in [0.25, 0.3) is 0 Å². The molecule has 1 heterocycles. The molecule has 0 saturated heterocycles. The summed E-state index contributed by atoms with van der Waals surface area (Å²) >= 11 is 1.76. The first-order valence-electron chi connectivity index (χ1n) is 6.78. The minimum absolute atomic E-state index is 0.481. The molecule has 3 heteroatoms. The Morgan fingerprint density at radius 1 is 1.37 bits per heavy atom. The van der Waals surface area contributed by atoms with E-state index in [1.807, 2.05) is 0 Å². The Morgan fingerprint density at radius 2 is 2.32 bits per heavy atom. The third-order valence-corrected chi connectivity index (χ3v) is 4.53. The molecule has 19 heavy (non-hydrogen) atoms. The van der Waals surface area contributed by atoms with Gasteiger partial charge in [0, 0.05) is 12.6 Å². The molecule has 1 aromatic heterocycles. The molecule has 3 rings (SSSR count). The van der Waals surface area contributed by atoms with Crippen LogP contribution in [0, 0.1) is 0 Å². The summed E-state index contributed by atoms with van der Waals surface area (Å²) in [4.78, 5) is 0. The summed E-state index contributed by atoms with van der Waals surface area (Å²) in [5.74, 6) is 0.970. The number of benzene rings is 1.